The number of carbonyl (C=O) groups is 2. The van der Waals surface area contributed by atoms with Crippen LogP contribution in [0.15, 0.2) is 18.2 Å². The van der Waals surface area contributed by atoms with Crippen LogP contribution >= 0.6 is 11.3 Å². The maximum absolute atomic E-state index is 12.9. The van der Waals surface area contributed by atoms with Gasteiger partial charge in [0, 0.05) is 10.4 Å². The van der Waals surface area contributed by atoms with Gasteiger partial charge in [0.15, 0.2) is 6.10 Å². The van der Waals surface area contributed by atoms with Crippen molar-refractivity contribution >= 4 is 28.9 Å². The second-order valence-electron chi connectivity index (χ2n) is 8.38. The highest BCUT2D eigenvalue weighted by atomic mass is 32.1. The standard InChI is InChI=1S/C23H28N2O4S/c1-13-5-8-18(9-6-13)29-21(26)12-25-19-11-17(22-15(3)30-16(4)24-22)7-10-20(19)28-14(2)23(25)27/h7,10-11,13-14,18H,5-6,8-9,12H2,1-4H3. The van der Waals surface area contributed by atoms with Gasteiger partial charge in [0.25, 0.3) is 5.91 Å². The molecule has 0 bridgehead atoms. The molecule has 1 amide bonds. The summed E-state index contributed by atoms with van der Waals surface area (Å²) >= 11 is 1.64. The predicted octanol–water partition coefficient (Wildman–Crippen LogP) is 4.66. The number of hydrogen-bond donors (Lipinski definition) is 0. The van der Waals surface area contributed by atoms with Crippen molar-refractivity contribution in [2.45, 2.75) is 65.6 Å². The molecule has 2 aliphatic rings. The molecule has 2 aromatic rings. The van der Waals surface area contributed by atoms with Crippen LogP contribution in [0, 0.1) is 19.8 Å². The second-order valence-corrected chi connectivity index (χ2v) is 9.78. The molecule has 7 heteroatoms. The van der Waals surface area contributed by atoms with Crippen LogP contribution in [0.2, 0.25) is 0 Å². The minimum Gasteiger partial charge on any atom is -0.479 e. The molecule has 1 saturated carbocycles. The Morgan fingerprint density at radius 1 is 1.23 bits per heavy atom. The third kappa shape index (κ3) is 4.21. The van der Waals surface area contributed by atoms with E-state index in [-0.39, 0.29) is 24.5 Å². The normalized spacial score (nSPS) is 23.7. The van der Waals surface area contributed by atoms with Gasteiger partial charge in [-0.05, 0) is 70.6 Å². The molecule has 6 nitrogen and oxygen atoms in total. The van der Waals surface area contributed by atoms with Crippen LogP contribution in [0.5, 0.6) is 5.75 Å². The van der Waals surface area contributed by atoms with Gasteiger partial charge in [0.1, 0.15) is 18.4 Å². The molecule has 2 heterocycles. The monoisotopic (exact) mass is 428 g/mol. The number of esters is 1. The molecular formula is C23H28N2O4S. The van der Waals surface area contributed by atoms with E-state index < -0.39 is 6.10 Å². The summed E-state index contributed by atoms with van der Waals surface area (Å²) in [6.07, 6.45) is 3.24. The Kier molecular flexibility index (Phi) is 5.82. The Morgan fingerprint density at radius 2 is 1.97 bits per heavy atom. The number of aromatic nitrogens is 1. The number of aryl methyl sites for hydroxylation is 2. The quantitative estimate of drug-likeness (QED) is 0.663. The fraction of sp³-hybridized carbons (Fsp3) is 0.522. The smallest absolute Gasteiger partial charge is 0.326 e. The molecule has 1 aliphatic heterocycles. The number of fused-ring (bicyclic) bond motifs is 1. The molecule has 30 heavy (non-hydrogen) atoms. The second kappa shape index (κ2) is 8.38. The van der Waals surface area contributed by atoms with Gasteiger partial charge in [-0.1, -0.05) is 6.92 Å². The lowest BCUT2D eigenvalue weighted by Crippen LogP contribution is -2.47. The average Bonchev–Trinajstić information content (AvgIpc) is 3.05. The number of benzene rings is 1. The molecule has 1 aliphatic carbocycles. The third-order valence-electron chi connectivity index (χ3n) is 5.89. The van der Waals surface area contributed by atoms with Crippen molar-refractivity contribution in [1.29, 1.82) is 0 Å². The van der Waals surface area contributed by atoms with Gasteiger partial charge in [-0.15, -0.1) is 11.3 Å². The Labute approximate surface area is 181 Å². The zero-order valence-electron chi connectivity index (χ0n) is 17.9. The van der Waals surface area contributed by atoms with E-state index in [1.807, 2.05) is 32.0 Å². The van der Waals surface area contributed by atoms with E-state index in [1.165, 1.54) is 4.90 Å². The van der Waals surface area contributed by atoms with Gasteiger partial charge >= 0.3 is 5.97 Å². The van der Waals surface area contributed by atoms with Crippen molar-refractivity contribution in [3.63, 3.8) is 0 Å². The lowest BCUT2D eigenvalue weighted by molar-refractivity contribution is -0.150. The van der Waals surface area contributed by atoms with Crippen molar-refractivity contribution in [2.75, 3.05) is 11.4 Å². The van der Waals surface area contributed by atoms with Crippen LogP contribution in [0.1, 0.15) is 49.4 Å². The van der Waals surface area contributed by atoms with Crippen molar-refractivity contribution in [3.05, 3.63) is 28.1 Å². The van der Waals surface area contributed by atoms with Crippen LogP contribution in [-0.4, -0.2) is 35.6 Å². The highest BCUT2D eigenvalue weighted by Crippen LogP contribution is 2.39. The summed E-state index contributed by atoms with van der Waals surface area (Å²) in [6.45, 7) is 7.83. The Morgan fingerprint density at radius 3 is 2.63 bits per heavy atom. The molecule has 0 N–H and O–H groups in total. The maximum atomic E-state index is 12.9. The number of anilines is 1. The zero-order valence-corrected chi connectivity index (χ0v) is 18.8. The van der Waals surface area contributed by atoms with Gasteiger partial charge in [0.05, 0.1) is 16.4 Å². The summed E-state index contributed by atoms with van der Waals surface area (Å²) in [7, 11) is 0. The molecule has 1 fully saturated rings. The Hall–Kier alpha value is -2.41. The summed E-state index contributed by atoms with van der Waals surface area (Å²) < 4.78 is 11.5. The molecule has 1 aromatic heterocycles. The SMILES string of the molecule is Cc1nc(-c2ccc3c(c2)N(CC(=O)OC2CCC(C)CC2)C(=O)C(C)O3)c(C)s1. The first-order valence-corrected chi connectivity index (χ1v) is 11.4. The Bertz CT molecular complexity index is 962. The highest BCUT2D eigenvalue weighted by Gasteiger charge is 2.34. The number of ether oxygens (including phenoxy) is 2. The van der Waals surface area contributed by atoms with Crippen LogP contribution < -0.4 is 9.64 Å². The van der Waals surface area contributed by atoms with Crippen molar-refractivity contribution < 1.29 is 19.1 Å². The zero-order chi connectivity index (χ0) is 21.4. The summed E-state index contributed by atoms with van der Waals surface area (Å²) in [6, 6.07) is 5.68. The number of carbonyl (C=O) groups excluding carboxylic acids is 2. The first kappa shape index (κ1) is 20.8. The Balaban J connectivity index is 1.57. The van der Waals surface area contributed by atoms with Gasteiger partial charge in [-0.2, -0.15) is 0 Å². The number of nitrogens with zero attached hydrogens (tertiary/aromatic N) is 2. The highest BCUT2D eigenvalue weighted by molar-refractivity contribution is 7.11. The minimum absolute atomic E-state index is 0.0475. The van der Waals surface area contributed by atoms with E-state index in [0.29, 0.717) is 17.4 Å². The number of thiazole rings is 1. The van der Waals surface area contributed by atoms with E-state index in [4.69, 9.17) is 9.47 Å². The third-order valence-corrected chi connectivity index (χ3v) is 6.78. The predicted molar refractivity (Wildman–Crippen MR) is 117 cm³/mol. The van der Waals surface area contributed by atoms with Gasteiger partial charge in [-0.25, -0.2) is 4.98 Å². The number of amides is 1. The lowest BCUT2D eigenvalue weighted by Gasteiger charge is -2.33. The topological polar surface area (TPSA) is 68.7 Å². The van der Waals surface area contributed by atoms with Crippen LogP contribution in [0.3, 0.4) is 0 Å². The molecule has 1 unspecified atom stereocenters. The molecule has 0 spiro atoms. The van der Waals surface area contributed by atoms with Crippen molar-refractivity contribution in [2.24, 2.45) is 5.92 Å². The number of rotatable bonds is 4. The van der Waals surface area contributed by atoms with E-state index in [1.54, 1.807) is 18.3 Å². The first-order valence-electron chi connectivity index (χ1n) is 10.6. The molecule has 4 rings (SSSR count). The van der Waals surface area contributed by atoms with Crippen molar-refractivity contribution in [1.82, 2.24) is 4.98 Å². The fourth-order valence-corrected chi connectivity index (χ4v) is 5.05. The molecule has 1 atom stereocenters. The minimum atomic E-state index is -0.644. The number of hydrogen-bond acceptors (Lipinski definition) is 6. The van der Waals surface area contributed by atoms with Gasteiger partial charge in [0.2, 0.25) is 0 Å². The van der Waals surface area contributed by atoms with E-state index in [0.717, 1.165) is 46.8 Å². The maximum Gasteiger partial charge on any atom is 0.326 e. The summed E-state index contributed by atoms with van der Waals surface area (Å²) in [4.78, 5) is 32.7. The van der Waals surface area contributed by atoms with Crippen LogP contribution in [-0.2, 0) is 14.3 Å². The lowest BCUT2D eigenvalue weighted by atomic mass is 9.89. The molecule has 0 saturated heterocycles. The van der Waals surface area contributed by atoms with E-state index >= 15 is 0 Å². The summed E-state index contributed by atoms with van der Waals surface area (Å²) in [5.74, 6) is 0.675. The van der Waals surface area contributed by atoms with E-state index in [2.05, 4.69) is 11.9 Å². The average molecular weight is 429 g/mol. The first-order chi connectivity index (χ1) is 14.3. The summed E-state index contributed by atoms with van der Waals surface area (Å²) in [5.41, 5.74) is 2.39. The largest absolute Gasteiger partial charge is 0.479 e. The van der Waals surface area contributed by atoms with Crippen LogP contribution in [0.25, 0.3) is 11.3 Å². The van der Waals surface area contributed by atoms with Gasteiger partial charge < -0.3 is 9.47 Å². The van der Waals surface area contributed by atoms with Gasteiger partial charge in [-0.3, -0.25) is 14.5 Å². The van der Waals surface area contributed by atoms with Crippen LogP contribution in [0.4, 0.5) is 5.69 Å². The summed E-state index contributed by atoms with van der Waals surface area (Å²) in [5, 5.41) is 0.989. The molecule has 1 aromatic carbocycles. The fourth-order valence-electron chi connectivity index (χ4n) is 4.21. The molecule has 160 valence electrons. The molecular weight excluding hydrogens is 400 g/mol. The van der Waals surface area contributed by atoms with Crippen molar-refractivity contribution in [3.8, 4) is 17.0 Å². The molecule has 0 radical (unpaired) electrons. The van der Waals surface area contributed by atoms with E-state index in [9.17, 15) is 9.59 Å².